The van der Waals surface area contributed by atoms with Crippen molar-refractivity contribution in [2.45, 2.75) is 6.42 Å². The summed E-state index contributed by atoms with van der Waals surface area (Å²) in [6, 6.07) is 19.8. The molecule has 0 fully saturated rings. The molecule has 0 spiro atoms. The number of aromatic amines is 1. The molecule has 1 amide bonds. The van der Waals surface area contributed by atoms with Gasteiger partial charge in [0.1, 0.15) is 4.88 Å². The van der Waals surface area contributed by atoms with Crippen LogP contribution in [-0.4, -0.2) is 5.91 Å². The third-order valence-corrected chi connectivity index (χ3v) is 5.82. The number of amides is 1. The molecule has 4 aromatic rings. The summed E-state index contributed by atoms with van der Waals surface area (Å²) in [7, 11) is 0. The molecule has 0 saturated carbocycles. The topological polar surface area (TPSA) is 43.2 Å². The van der Waals surface area contributed by atoms with Crippen LogP contribution in [0.15, 0.2) is 73.1 Å². The number of nitrogens with one attached hydrogen (secondary N) is 2. The first-order chi connectivity index (χ1) is 12.7. The highest BCUT2D eigenvalue weighted by Crippen LogP contribution is 2.35. The van der Waals surface area contributed by atoms with Crippen molar-refractivity contribution in [3.8, 4) is 0 Å². The number of rotatable bonds is 4. The number of benzene rings is 2. The summed E-state index contributed by atoms with van der Waals surface area (Å²) >= 11 is 7.79. The van der Waals surface area contributed by atoms with Crippen molar-refractivity contribution in [3.63, 3.8) is 0 Å². The highest BCUT2D eigenvalue weighted by Gasteiger charge is 2.16. The Hall–Kier alpha value is -2.69. The van der Waals surface area contributed by atoms with Gasteiger partial charge in [0.15, 0.2) is 12.4 Å². The van der Waals surface area contributed by atoms with Crippen LogP contribution in [0.4, 0.5) is 5.69 Å². The van der Waals surface area contributed by atoms with Crippen molar-refractivity contribution in [2.24, 2.45) is 0 Å². The number of hydrogen-bond donors (Lipinski definition) is 1. The largest absolute Gasteiger partial charge is 0.321 e. The van der Waals surface area contributed by atoms with Gasteiger partial charge in [-0.1, -0.05) is 41.9 Å². The minimum absolute atomic E-state index is 0.178. The number of halogens is 1. The normalized spacial score (nSPS) is 10.8. The maximum Gasteiger partial charge on any atom is 0.267 e. The quantitative estimate of drug-likeness (QED) is 0.519. The van der Waals surface area contributed by atoms with Gasteiger partial charge in [0, 0.05) is 27.9 Å². The number of aromatic nitrogens is 1. The fourth-order valence-corrected chi connectivity index (χ4v) is 4.24. The molecule has 2 aromatic carbocycles. The van der Waals surface area contributed by atoms with E-state index in [1.807, 2.05) is 60.9 Å². The van der Waals surface area contributed by atoms with E-state index in [-0.39, 0.29) is 5.91 Å². The Morgan fingerprint density at radius 3 is 2.38 bits per heavy atom. The highest BCUT2D eigenvalue weighted by molar-refractivity contribution is 7.21. The Kier molecular flexibility index (Phi) is 4.69. The van der Waals surface area contributed by atoms with Gasteiger partial charge in [-0.25, -0.2) is 4.98 Å². The minimum Gasteiger partial charge on any atom is -0.321 e. The summed E-state index contributed by atoms with van der Waals surface area (Å²) in [4.78, 5) is 16.2. The lowest BCUT2D eigenvalue weighted by Gasteiger charge is -2.06. The van der Waals surface area contributed by atoms with Crippen LogP contribution >= 0.6 is 22.9 Å². The zero-order chi connectivity index (χ0) is 17.9. The number of carbonyl (C=O) groups is 1. The van der Waals surface area contributed by atoms with E-state index in [0.717, 1.165) is 22.2 Å². The summed E-state index contributed by atoms with van der Waals surface area (Å²) in [5.74, 6) is -0.178. The Labute approximate surface area is 160 Å². The van der Waals surface area contributed by atoms with Gasteiger partial charge < -0.3 is 5.32 Å². The number of anilines is 1. The minimum atomic E-state index is -0.178. The monoisotopic (exact) mass is 379 g/mol. The van der Waals surface area contributed by atoms with Crippen LogP contribution in [0.5, 0.6) is 0 Å². The lowest BCUT2D eigenvalue weighted by Crippen LogP contribution is -2.10. The third kappa shape index (κ3) is 3.47. The first-order valence-corrected chi connectivity index (χ1v) is 9.42. The molecule has 5 heteroatoms. The van der Waals surface area contributed by atoms with Gasteiger partial charge >= 0.3 is 0 Å². The van der Waals surface area contributed by atoms with Crippen molar-refractivity contribution in [2.75, 3.05) is 5.32 Å². The zero-order valence-corrected chi connectivity index (χ0v) is 15.4. The Bertz CT molecular complexity index is 1060. The third-order valence-electron chi connectivity index (χ3n) is 4.15. The molecular weight excluding hydrogens is 364 g/mol. The smallest absolute Gasteiger partial charge is 0.267 e. The van der Waals surface area contributed by atoms with Crippen molar-refractivity contribution in [3.05, 3.63) is 94.1 Å². The number of fused-ring (bicyclic) bond motifs is 1. The molecule has 2 aromatic heterocycles. The summed E-state index contributed by atoms with van der Waals surface area (Å²) in [6.07, 6.45) is 4.68. The van der Waals surface area contributed by atoms with Crippen molar-refractivity contribution >= 4 is 44.6 Å². The average molecular weight is 380 g/mol. The van der Waals surface area contributed by atoms with Gasteiger partial charge in [-0.3, -0.25) is 4.79 Å². The van der Waals surface area contributed by atoms with Crippen LogP contribution in [0.25, 0.3) is 10.1 Å². The standard InChI is InChI=1S/C21H15ClN2OS/c22-19-17-3-1-2-4-18(17)26-20(19)21(25)24-16-7-5-14(6-8-16)13-15-9-11-23-12-10-15/h1-12H,13H2,(H,24,25)/p+1. The molecule has 0 aliphatic carbocycles. The number of pyridine rings is 1. The Morgan fingerprint density at radius 1 is 0.962 bits per heavy atom. The van der Waals surface area contributed by atoms with Crippen LogP contribution in [-0.2, 0) is 6.42 Å². The lowest BCUT2D eigenvalue weighted by atomic mass is 10.1. The first-order valence-electron chi connectivity index (χ1n) is 8.23. The molecule has 3 nitrogen and oxygen atoms in total. The van der Waals surface area contributed by atoms with Crippen molar-refractivity contribution in [1.29, 1.82) is 0 Å². The van der Waals surface area contributed by atoms with E-state index < -0.39 is 0 Å². The van der Waals surface area contributed by atoms with Gasteiger partial charge in [0.05, 0.1) is 5.02 Å². The van der Waals surface area contributed by atoms with Crippen molar-refractivity contribution in [1.82, 2.24) is 0 Å². The van der Waals surface area contributed by atoms with Crippen LogP contribution in [0.3, 0.4) is 0 Å². The molecule has 0 unspecified atom stereocenters. The van der Waals surface area contributed by atoms with Gasteiger partial charge in [-0.15, -0.1) is 11.3 Å². The summed E-state index contributed by atoms with van der Waals surface area (Å²) in [6.45, 7) is 0. The fraction of sp³-hybridized carbons (Fsp3) is 0.0476. The zero-order valence-electron chi connectivity index (χ0n) is 13.8. The number of carbonyl (C=O) groups excluding carboxylic acids is 1. The first kappa shape index (κ1) is 16.8. The van der Waals surface area contributed by atoms with E-state index in [4.69, 9.17) is 11.6 Å². The van der Waals surface area contributed by atoms with E-state index >= 15 is 0 Å². The highest BCUT2D eigenvalue weighted by atomic mass is 35.5. The molecule has 2 heterocycles. The number of hydrogen-bond acceptors (Lipinski definition) is 2. The summed E-state index contributed by atoms with van der Waals surface area (Å²) in [5, 5.41) is 4.36. The second-order valence-electron chi connectivity index (χ2n) is 5.98. The van der Waals surface area contributed by atoms with Gasteiger partial charge in [-0.2, -0.15) is 0 Å². The van der Waals surface area contributed by atoms with Gasteiger partial charge in [-0.05, 0) is 35.7 Å². The van der Waals surface area contributed by atoms with Crippen LogP contribution in [0, 0.1) is 0 Å². The molecule has 4 rings (SSSR count). The predicted octanol–water partition coefficient (Wildman–Crippen LogP) is 5.21. The second-order valence-corrected chi connectivity index (χ2v) is 7.41. The SMILES string of the molecule is O=C(Nc1ccc(Cc2cc[nH+]cc2)cc1)c1sc2ccccc2c1Cl. The summed E-state index contributed by atoms with van der Waals surface area (Å²) in [5.41, 5.74) is 3.18. The van der Waals surface area contributed by atoms with E-state index in [1.54, 1.807) is 0 Å². The molecule has 0 saturated heterocycles. The predicted molar refractivity (Wildman–Crippen MR) is 107 cm³/mol. The summed E-state index contributed by atoms with van der Waals surface area (Å²) < 4.78 is 1.01. The molecule has 0 aliphatic heterocycles. The van der Waals surface area contributed by atoms with E-state index in [2.05, 4.69) is 22.4 Å². The number of thiophene rings is 1. The molecule has 128 valence electrons. The molecule has 0 aliphatic rings. The molecule has 2 N–H and O–H groups in total. The molecule has 0 atom stereocenters. The lowest BCUT2D eigenvalue weighted by molar-refractivity contribution is -0.378. The van der Waals surface area contributed by atoms with Crippen molar-refractivity contribution < 1.29 is 9.78 Å². The molecular formula is C21H16ClN2OS+. The van der Waals surface area contributed by atoms with Gasteiger partial charge in [0.25, 0.3) is 5.91 Å². The van der Waals surface area contributed by atoms with E-state index in [9.17, 15) is 4.79 Å². The molecule has 0 bridgehead atoms. The van der Waals surface area contributed by atoms with Crippen LogP contribution in [0.1, 0.15) is 20.8 Å². The number of H-pyrrole nitrogens is 1. The fourth-order valence-electron chi connectivity index (χ4n) is 2.83. The second kappa shape index (κ2) is 7.28. The van der Waals surface area contributed by atoms with Crippen LogP contribution in [0.2, 0.25) is 5.02 Å². The van der Waals surface area contributed by atoms with E-state index in [1.165, 1.54) is 22.5 Å². The van der Waals surface area contributed by atoms with E-state index in [0.29, 0.717) is 9.90 Å². The average Bonchev–Trinajstić information content (AvgIpc) is 3.01. The molecule has 0 radical (unpaired) electrons. The van der Waals surface area contributed by atoms with Crippen LogP contribution < -0.4 is 10.3 Å². The maximum atomic E-state index is 12.6. The van der Waals surface area contributed by atoms with Gasteiger partial charge in [0.2, 0.25) is 0 Å². The Morgan fingerprint density at radius 2 is 1.65 bits per heavy atom. The Balaban J connectivity index is 1.49. The molecule has 26 heavy (non-hydrogen) atoms. The maximum absolute atomic E-state index is 12.6.